The number of fused-ring (bicyclic) bond motifs is 6. The second kappa shape index (κ2) is 16.1. The number of benzene rings is 8. The van der Waals surface area contributed by atoms with Crippen molar-refractivity contribution in [3.8, 4) is 73.3 Å². The van der Waals surface area contributed by atoms with Gasteiger partial charge in [0.15, 0.2) is 0 Å². The molecule has 0 saturated carbocycles. The van der Waals surface area contributed by atoms with Gasteiger partial charge in [-0.3, -0.25) is 9.97 Å². The van der Waals surface area contributed by atoms with Gasteiger partial charge in [-0.2, -0.15) is 18.4 Å². The van der Waals surface area contributed by atoms with Crippen molar-refractivity contribution >= 4 is 43.6 Å². The third kappa shape index (κ3) is 6.88. The average Bonchev–Trinajstić information content (AvgIpc) is 3.90. The van der Waals surface area contributed by atoms with Gasteiger partial charge in [0.05, 0.1) is 62.0 Å². The number of alkyl halides is 3. The van der Waals surface area contributed by atoms with Crippen molar-refractivity contribution in [2.45, 2.75) is 6.18 Å². The number of hydrogen-bond acceptors (Lipinski definition) is 3. The Kier molecular flexibility index (Phi) is 9.59. The highest BCUT2D eigenvalue weighted by molar-refractivity contribution is 6.13. The van der Waals surface area contributed by atoms with Gasteiger partial charge in [0.1, 0.15) is 0 Å². The second-order valence-corrected chi connectivity index (χ2v) is 16.8. The maximum Gasteiger partial charge on any atom is 0.416 e. The van der Waals surface area contributed by atoms with Gasteiger partial charge >= 0.3 is 6.18 Å². The van der Waals surface area contributed by atoms with Crippen LogP contribution in [-0.4, -0.2) is 19.1 Å². The van der Waals surface area contributed by atoms with E-state index in [9.17, 15) is 18.4 Å². The average molecular weight is 884 g/mol. The molecule has 4 heterocycles. The number of rotatable bonds is 7. The molecule has 4 aromatic heterocycles. The smallest absolute Gasteiger partial charge is 0.307 e. The normalized spacial score (nSPS) is 11.7. The van der Waals surface area contributed by atoms with Crippen LogP contribution >= 0.6 is 0 Å². The predicted molar refractivity (Wildman–Crippen MR) is 268 cm³/mol. The number of para-hydroxylation sites is 2. The molecule has 0 aliphatic carbocycles. The van der Waals surface area contributed by atoms with E-state index in [1.807, 2.05) is 122 Å². The van der Waals surface area contributed by atoms with Crippen LogP contribution in [0, 0.1) is 11.3 Å². The molecule has 0 spiro atoms. The maximum absolute atomic E-state index is 14.3. The Labute approximate surface area is 388 Å². The van der Waals surface area contributed by atoms with E-state index in [2.05, 4.69) is 88.0 Å². The van der Waals surface area contributed by atoms with E-state index in [4.69, 9.17) is 9.97 Å². The summed E-state index contributed by atoms with van der Waals surface area (Å²) < 4.78 is 47.3. The summed E-state index contributed by atoms with van der Waals surface area (Å²) in [5, 5.41) is 15.0. The third-order valence-electron chi connectivity index (χ3n) is 12.9. The molecule has 0 atom stereocenters. The van der Waals surface area contributed by atoms with Gasteiger partial charge in [-0.1, -0.05) is 146 Å². The summed E-state index contributed by atoms with van der Waals surface area (Å²) in [6, 6.07) is 68.7. The summed E-state index contributed by atoms with van der Waals surface area (Å²) in [6.07, 6.45) is -0.809. The lowest BCUT2D eigenvalue weighted by Crippen LogP contribution is -2.07. The number of pyridine rings is 2. The van der Waals surface area contributed by atoms with Crippen LogP contribution in [0.5, 0.6) is 0 Å². The van der Waals surface area contributed by atoms with Gasteiger partial charge < -0.3 is 9.13 Å². The zero-order chi connectivity index (χ0) is 45.9. The molecule has 12 aromatic rings. The summed E-state index contributed by atoms with van der Waals surface area (Å²) in [4.78, 5) is 9.69. The van der Waals surface area contributed by atoms with Crippen LogP contribution in [0.25, 0.3) is 111 Å². The van der Waals surface area contributed by atoms with Crippen LogP contribution in [0.4, 0.5) is 13.2 Å². The van der Waals surface area contributed by atoms with Gasteiger partial charge in [-0.25, -0.2) is 0 Å². The number of halogens is 3. The molecule has 0 N–H and O–H groups in total. The fourth-order valence-corrected chi connectivity index (χ4v) is 9.64. The Morgan fingerprint density at radius 1 is 0.382 bits per heavy atom. The van der Waals surface area contributed by atoms with Gasteiger partial charge in [-0.05, 0) is 77.4 Å². The molecule has 0 aliphatic heterocycles. The molecule has 0 fully saturated rings. The molecule has 0 bridgehead atoms. The van der Waals surface area contributed by atoms with Crippen LogP contribution in [0.3, 0.4) is 0 Å². The minimum Gasteiger partial charge on any atom is -0.307 e. The van der Waals surface area contributed by atoms with Crippen LogP contribution in [0.2, 0.25) is 0 Å². The molecule has 0 unspecified atom stereocenters. The lowest BCUT2D eigenvalue weighted by Gasteiger charge is -2.20. The summed E-state index contributed by atoms with van der Waals surface area (Å²) in [6.45, 7) is 0. The van der Waals surface area contributed by atoms with Crippen molar-refractivity contribution in [1.82, 2.24) is 19.1 Å². The first-order valence-corrected chi connectivity index (χ1v) is 22.2. The highest BCUT2D eigenvalue weighted by Crippen LogP contribution is 2.43. The number of nitriles is 1. The minimum atomic E-state index is -4.58. The minimum absolute atomic E-state index is 0.233. The standard InChI is InChI=1S/C60H36F3N5/c61-60(62,63)46-17-11-16-42(30-46)51-34-59(68-55-21-10-8-19-48(55)50-27-23-41(32-57(50)68)44-25-29-53(66-37-44)39-14-5-2-6-15-39)58(33-45(51)35-64)67-54-20-9-7-18-47(54)49-26-22-40(31-56(49)67)43-24-28-52(65-36-43)38-12-3-1-4-13-38/h1-34,36-37H. The van der Waals surface area contributed by atoms with Gasteiger partial charge in [-0.15, -0.1) is 0 Å². The largest absolute Gasteiger partial charge is 0.416 e. The van der Waals surface area contributed by atoms with Crippen molar-refractivity contribution in [3.63, 3.8) is 0 Å². The molecule has 0 saturated heterocycles. The maximum atomic E-state index is 14.3. The molecule has 322 valence electrons. The van der Waals surface area contributed by atoms with Crippen LogP contribution in [0.15, 0.2) is 219 Å². The van der Waals surface area contributed by atoms with Crippen molar-refractivity contribution < 1.29 is 13.2 Å². The zero-order valence-corrected chi connectivity index (χ0v) is 36.2. The van der Waals surface area contributed by atoms with Crippen molar-refractivity contribution in [2.24, 2.45) is 0 Å². The molecule has 8 aromatic carbocycles. The summed E-state index contributed by atoms with van der Waals surface area (Å²) in [5.74, 6) is 0. The van der Waals surface area contributed by atoms with Crippen molar-refractivity contribution in [2.75, 3.05) is 0 Å². The van der Waals surface area contributed by atoms with E-state index in [0.29, 0.717) is 16.9 Å². The van der Waals surface area contributed by atoms with E-state index in [-0.39, 0.29) is 11.1 Å². The first-order valence-electron chi connectivity index (χ1n) is 22.2. The molecule has 8 heteroatoms. The summed E-state index contributed by atoms with van der Waals surface area (Å²) >= 11 is 0. The fraction of sp³-hybridized carbons (Fsp3) is 0.0167. The molecular formula is C60H36F3N5. The first kappa shape index (κ1) is 40.4. The fourth-order valence-electron chi connectivity index (χ4n) is 9.64. The van der Waals surface area contributed by atoms with Crippen LogP contribution in [-0.2, 0) is 6.18 Å². The Morgan fingerprint density at radius 3 is 1.32 bits per heavy atom. The second-order valence-electron chi connectivity index (χ2n) is 16.8. The molecule has 0 amide bonds. The summed E-state index contributed by atoms with van der Waals surface area (Å²) in [5.41, 5.74) is 12.6. The Bertz CT molecular complexity index is 3940. The molecule has 5 nitrogen and oxygen atoms in total. The van der Waals surface area contributed by atoms with Gasteiger partial charge in [0, 0.05) is 61.8 Å². The third-order valence-corrected chi connectivity index (χ3v) is 12.9. The number of nitrogens with zero attached hydrogens (tertiary/aromatic N) is 5. The summed E-state index contributed by atoms with van der Waals surface area (Å²) in [7, 11) is 0. The van der Waals surface area contributed by atoms with E-state index in [0.717, 1.165) is 101 Å². The van der Waals surface area contributed by atoms with E-state index in [1.54, 1.807) is 6.07 Å². The Morgan fingerprint density at radius 2 is 0.838 bits per heavy atom. The topological polar surface area (TPSA) is 59.4 Å². The SMILES string of the molecule is N#Cc1cc(-n2c3ccccc3c3ccc(-c4ccc(-c5ccccc5)nc4)cc32)c(-n2c3ccccc3c3ccc(-c4ccc(-c5ccccc5)nc4)cc32)cc1-c1cccc(C(F)(F)F)c1. The zero-order valence-electron chi connectivity index (χ0n) is 36.2. The highest BCUT2D eigenvalue weighted by Gasteiger charge is 2.31. The van der Waals surface area contributed by atoms with E-state index in [1.165, 1.54) is 6.07 Å². The Balaban J connectivity index is 1.13. The molecule has 12 rings (SSSR count). The lowest BCUT2D eigenvalue weighted by atomic mass is 9.96. The van der Waals surface area contributed by atoms with Gasteiger partial charge in [0.25, 0.3) is 0 Å². The van der Waals surface area contributed by atoms with Crippen molar-refractivity contribution in [3.05, 3.63) is 230 Å². The highest BCUT2D eigenvalue weighted by atomic mass is 19.4. The molecule has 0 aliphatic rings. The van der Waals surface area contributed by atoms with E-state index >= 15 is 0 Å². The number of hydrogen-bond donors (Lipinski definition) is 0. The monoisotopic (exact) mass is 883 g/mol. The van der Waals surface area contributed by atoms with Crippen LogP contribution < -0.4 is 0 Å². The molecular weight excluding hydrogens is 848 g/mol. The lowest BCUT2D eigenvalue weighted by molar-refractivity contribution is -0.137. The predicted octanol–water partition coefficient (Wildman–Crippen LogP) is 15.9. The van der Waals surface area contributed by atoms with Gasteiger partial charge in [0.2, 0.25) is 0 Å². The number of aromatic nitrogens is 4. The quantitative estimate of drug-likeness (QED) is 0.160. The molecule has 68 heavy (non-hydrogen) atoms. The van der Waals surface area contributed by atoms with Crippen LogP contribution in [0.1, 0.15) is 11.1 Å². The van der Waals surface area contributed by atoms with Crippen molar-refractivity contribution in [1.29, 1.82) is 5.26 Å². The Hall–Kier alpha value is -9.06. The first-order chi connectivity index (χ1) is 33.3. The van der Waals surface area contributed by atoms with E-state index < -0.39 is 11.7 Å². The molecule has 0 radical (unpaired) electrons.